The molecule has 1 unspecified atom stereocenters. The molecular weight excluding hydrogens is 267 g/mol. The molecule has 0 aromatic carbocycles. The fourth-order valence-corrected chi connectivity index (χ4v) is 4.36. The Bertz CT molecular complexity index is 304. The third kappa shape index (κ3) is 4.83. The van der Waals surface area contributed by atoms with Crippen molar-refractivity contribution < 1.29 is 23.8 Å². The Morgan fingerprint density at radius 3 is 1.84 bits per heavy atom. The number of aliphatic hydroxyl groups is 2. The average molecular weight is 296 g/mol. The summed E-state index contributed by atoms with van der Waals surface area (Å²) >= 11 is 0. The highest BCUT2D eigenvalue weighted by Crippen LogP contribution is 2.63. The maximum atomic E-state index is 12.8. The molecule has 0 heterocycles. The Morgan fingerprint density at radius 1 is 1.11 bits per heavy atom. The van der Waals surface area contributed by atoms with Gasteiger partial charge in [0.05, 0.1) is 31.1 Å². The van der Waals surface area contributed by atoms with Crippen LogP contribution in [-0.2, 0) is 13.6 Å². The summed E-state index contributed by atoms with van der Waals surface area (Å²) in [5, 5.41) is 18.2. The summed E-state index contributed by atoms with van der Waals surface area (Å²) in [5.74, 6) is 0. The van der Waals surface area contributed by atoms with Gasteiger partial charge in [-0.05, 0) is 39.5 Å². The molecular formula is C13H29O5P. The van der Waals surface area contributed by atoms with Gasteiger partial charge in [-0.1, -0.05) is 13.8 Å². The zero-order chi connectivity index (χ0) is 15.3. The van der Waals surface area contributed by atoms with Crippen LogP contribution in [0.2, 0.25) is 0 Å². The molecule has 0 fully saturated rings. The maximum absolute atomic E-state index is 12.8. The summed E-state index contributed by atoms with van der Waals surface area (Å²) in [7, 11) is -3.26. The van der Waals surface area contributed by atoms with E-state index in [0.717, 1.165) is 0 Å². The van der Waals surface area contributed by atoms with Crippen LogP contribution < -0.4 is 0 Å². The minimum atomic E-state index is -3.26. The van der Waals surface area contributed by atoms with E-state index < -0.39 is 24.3 Å². The van der Waals surface area contributed by atoms with E-state index in [-0.39, 0.29) is 6.61 Å². The molecule has 116 valence electrons. The first kappa shape index (κ1) is 19.1. The zero-order valence-corrected chi connectivity index (χ0v) is 13.9. The molecule has 0 aliphatic heterocycles. The van der Waals surface area contributed by atoms with Gasteiger partial charge in [-0.3, -0.25) is 4.57 Å². The quantitative estimate of drug-likeness (QED) is 0.640. The molecule has 0 saturated heterocycles. The first-order valence-electron chi connectivity index (χ1n) is 6.74. The van der Waals surface area contributed by atoms with Crippen LogP contribution >= 0.6 is 7.60 Å². The van der Waals surface area contributed by atoms with Gasteiger partial charge in [-0.2, -0.15) is 0 Å². The lowest BCUT2D eigenvalue weighted by Crippen LogP contribution is -2.39. The van der Waals surface area contributed by atoms with Crippen LogP contribution in [0.15, 0.2) is 0 Å². The van der Waals surface area contributed by atoms with E-state index in [0.29, 0.717) is 19.6 Å². The van der Waals surface area contributed by atoms with Crippen LogP contribution in [-0.4, -0.2) is 41.3 Å². The maximum Gasteiger partial charge on any atom is 0.336 e. The molecule has 0 rings (SSSR count). The lowest BCUT2D eigenvalue weighted by Gasteiger charge is -2.40. The van der Waals surface area contributed by atoms with E-state index in [1.165, 1.54) is 0 Å². The van der Waals surface area contributed by atoms with Crippen molar-refractivity contribution >= 4 is 7.60 Å². The molecule has 0 bridgehead atoms. The van der Waals surface area contributed by atoms with Crippen molar-refractivity contribution in [1.82, 2.24) is 0 Å². The molecule has 6 heteroatoms. The van der Waals surface area contributed by atoms with Crippen molar-refractivity contribution in [3.05, 3.63) is 0 Å². The minimum absolute atomic E-state index is 0.309. The molecule has 0 amide bonds. The number of aliphatic hydroxyl groups excluding tert-OH is 2. The fraction of sp³-hybridized carbons (Fsp3) is 1.00. The van der Waals surface area contributed by atoms with Crippen LogP contribution in [0.1, 0.15) is 48.0 Å². The summed E-state index contributed by atoms with van der Waals surface area (Å²) in [6.45, 7) is 11.1. The van der Waals surface area contributed by atoms with E-state index in [4.69, 9.17) is 14.2 Å². The minimum Gasteiger partial charge on any atom is -0.394 e. The predicted molar refractivity (Wildman–Crippen MR) is 76.4 cm³/mol. The van der Waals surface area contributed by atoms with Crippen molar-refractivity contribution in [2.24, 2.45) is 5.41 Å². The van der Waals surface area contributed by atoms with Gasteiger partial charge < -0.3 is 19.3 Å². The standard InChI is InChI=1S/C13H29O5P/c1-7-17-19(16,18-8-2)13(5,6)10-12(3,4)11(15)9-14/h11,14-15H,7-10H2,1-6H3. The third-order valence-corrected chi connectivity index (χ3v) is 6.14. The van der Waals surface area contributed by atoms with Gasteiger partial charge in [0.1, 0.15) is 0 Å². The molecule has 0 aliphatic carbocycles. The monoisotopic (exact) mass is 296 g/mol. The van der Waals surface area contributed by atoms with E-state index >= 15 is 0 Å². The van der Waals surface area contributed by atoms with Crippen LogP contribution in [0.3, 0.4) is 0 Å². The molecule has 2 N–H and O–H groups in total. The third-order valence-electron chi connectivity index (χ3n) is 3.30. The predicted octanol–water partition coefficient (Wildman–Crippen LogP) is 2.80. The second-order valence-corrected chi connectivity index (χ2v) is 8.73. The average Bonchev–Trinajstić information content (AvgIpc) is 2.26. The first-order chi connectivity index (χ1) is 8.56. The highest BCUT2D eigenvalue weighted by atomic mass is 31.2. The summed E-state index contributed by atoms with van der Waals surface area (Å²) in [6, 6.07) is 0. The van der Waals surface area contributed by atoms with Crippen molar-refractivity contribution in [2.75, 3.05) is 19.8 Å². The second kappa shape index (κ2) is 7.19. The van der Waals surface area contributed by atoms with E-state index in [2.05, 4.69) is 0 Å². The van der Waals surface area contributed by atoms with Gasteiger partial charge in [-0.15, -0.1) is 0 Å². The van der Waals surface area contributed by atoms with E-state index in [1.807, 2.05) is 27.7 Å². The molecule has 0 aromatic rings. The van der Waals surface area contributed by atoms with Crippen LogP contribution in [0.4, 0.5) is 0 Å². The number of hydrogen-bond donors (Lipinski definition) is 2. The molecule has 0 aromatic heterocycles. The van der Waals surface area contributed by atoms with E-state index in [1.54, 1.807) is 13.8 Å². The highest BCUT2D eigenvalue weighted by molar-refractivity contribution is 7.55. The molecule has 5 nitrogen and oxygen atoms in total. The van der Waals surface area contributed by atoms with E-state index in [9.17, 15) is 9.67 Å². The molecule has 0 spiro atoms. The number of rotatable bonds is 9. The van der Waals surface area contributed by atoms with Crippen molar-refractivity contribution in [3.63, 3.8) is 0 Å². The Balaban J connectivity index is 5.17. The lowest BCUT2D eigenvalue weighted by atomic mass is 9.79. The smallest absolute Gasteiger partial charge is 0.336 e. The summed E-state index contributed by atoms with van der Waals surface area (Å²) < 4.78 is 23.6. The number of hydrogen-bond acceptors (Lipinski definition) is 5. The zero-order valence-electron chi connectivity index (χ0n) is 13.0. The van der Waals surface area contributed by atoms with Gasteiger partial charge in [-0.25, -0.2) is 0 Å². The summed E-state index contributed by atoms with van der Waals surface area (Å²) in [6.07, 6.45) is -0.456. The fourth-order valence-electron chi connectivity index (χ4n) is 2.30. The normalized spacial score (nSPS) is 15.6. The van der Waals surface area contributed by atoms with Crippen molar-refractivity contribution in [3.8, 4) is 0 Å². The Hall–Kier alpha value is 0.0700. The first-order valence-corrected chi connectivity index (χ1v) is 8.28. The van der Waals surface area contributed by atoms with Crippen LogP contribution in [0.25, 0.3) is 0 Å². The van der Waals surface area contributed by atoms with Crippen molar-refractivity contribution in [1.29, 1.82) is 0 Å². The topological polar surface area (TPSA) is 76.0 Å². The molecule has 1 atom stereocenters. The largest absolute Gasteiger partial charge is 0.394 e. The van der Waals surface area contributed by atoms with Gasteiger partial charge in [0, 0.05) is 0 Å². The Morgan fingerprint density at radius 2 is 1.53 bits per heavy atom. The SMILES string of the molecule is CCOP(=O)(OCC)C(C)(C)CC(C)(C)C(O)CO. The van der Waals surface area contributed by atoms with Crippen LogP contribution in [0, 0.1) is 5.41 Å². The highest BCUT2D eigenvalue weighted by Gasteiger charge is 2.47. The molecule has 0 saturated carbocycles. The molecule has 0 radical (unpaired) electrons. The summed E-state index contributed by atoms with van der Waals surface area (Å²) in [5.41, 5.74) is -0.581. The lowest BCUT2D eigenvalue weighted by molar-refractivity contribution is -0.00701. The van der Waals surface area contributed by atoms with Gasteiger partial charge in [0.2, 0.25) is 0 Å². The Labute approximate surface area is 116 Å². The van der Waals surface area contributed by atoms with Crippen molar-refractivity contribution in [2.45, 2.75) is 59.2 Å². The second-order valence-electron chi connectivity index (χ2n) is 6.01. The summed E-state index contributed by atoms with van der Waals surface area (Å²) in [4.78, 5) is 0. The molecule has 0 aliphatic rings. The van der Waals surface area contributed by atoms with Gasteiger partial charge >= 0.3 is 7.60 Å². The van der Waals surface area contributed by atoms with Gasteiger partial charge in [0.15, 0.2) is 0 Å². The van der Waals surface area contributed by atoms with Gasteiger partial charge in [0.25, 0.3) is 0 Å². The molecule has 19 heavy (non-hydrogen) atoms. The Kier molecular flexibility index (Phi) is 7.21. The van der Waals surface area contributed by atoms with Crippen LogP contribution in [0.5, 0.6) is 0 Å².